The number of benzene rings is 1. The van der Waals surface area contributed by atoms with Gasteiger partial charge in [0.1, 0.15) is 5.75 Å². The maximum atomic E-state index is 12.6. The predicted octanol–water partition coefficient (Wildman–Crippen LogP) is 2.82. The molecule has 0 spiro atoms. The van der Waals surface area contributed by atoms with Crippen molar-refractivity contribution in [3.8, 4) is 5.75 Å². The van der Waals surface area contributed by atoms with Gasteiger partial charge in [0.05, 0.1) is 17.0 Å². The van der Waals surface area contributed by atoms with Gasteiger partial charge in [-0.3, -0.25) is 4.79 Å². The molecule has 0 aromatic heterocycles. The lowest BCUT2D eigenvalue weighted by Gasteiger charge is -2.34. The van der Waals surface area contributed by atoms with Crippen LogP contribution in [0, 0.1) is 5.41 Å². The molecule has 1 aromatic carbocycles. The van der Waals surface area contributed by atoms with E-state index in [1.165, 1.54) is 0 Å². The summed E-state index contributed by atoms with van der Waals surface area (Å²) in [4.78, 5) is 12.6. The van der Waals surface area contributed by atoms with Crippen molar-refractivity contribution in [2.75, 3.05) is 31.7 Å². The molecular formula is C16H23ClN2O3. The average Bonchev–Trinajstić information content (AvgIpc) is 2.54. The van der Waals surface area contributed by atoms with Gasteiger partial charge in [-0.05, 0) is 37.5 Å². The molecule has 1 aromatic rings. The molecule has 1 amide bonds. The Morgan fingerprint density at radius 1 is 1.45 bits per heavy atom. The number of rotatable bonds is 6. The van der Waals surface area contributed by atoms with Gasteiger partial charge in [0.15, 0.2) is 0 Å². The fourth-order valence-electron chi connectivity index (χ4n) is 2.46. The molecule has 0 bridgehead atoms. The SMILES string of the molecule is CCCOc1ccc(NC(=O)C2(CN)CCOCC2)cc1Cl. The van der Waals surface area contributed by atoms with Crippen LogP contribution in [0.25, 0.3) is 0 Å². The third kappa shape index (κ3) is 3.91. The highest BCUT2D eigenvalue weighted by Crippen LogP contribution is 2.32. The second kappa shape index (κ2) is 7.81. The van der Waals surface area contributed by atoms with Gasteiger partial charge in [0, 0.05) is 25.4 Å². The van der Waals surface area contributed by atoms with Crippen LogP contribution in [0.5, 0.6) is 5.75 Å². The Labute approximate surface area is 136 Å². The maximum Gasteiger partial charge on any atom is 0.232 e. The number of hydrogen-bond donors (Lipinski definition) is 2. The van der Waals surface area contributed by atoms with E-state index in [4.69, 9.17) is 26.8 Å². The number of hydrogen-bond acceptors (Lipinski definition) is 4. The first-order chi connectivity index (χ1) is 10.6. The Balaban J connectivity index is 2.06. The topological polar surface area (TPSA) is 73.6 Å². The largest absolute Gasteiger partial charge is 0.492 e. The molecule has 1 aliphatic rings. The number of nitrogens with one attached hydrogen (secondary N) is 1. The molecule has 1 aliphatic heterocycles. The van der Waals surface area contributed by atoms with Crippen molar-refractivity contribution in [1.29, 1.82) is 0 Å². The van der Waals surface area contributed by atoms with Crippen LogP contribution in [0.4, 0.5) is 5.69 Å². The molecule has 1 saturated heterocycles. The third-order valence-corrected chi connectivity index (χ3v) is 4.27. The Morgan fingerprint density at radius 3 is 2.77 bits per heavy atom. The molecule has 1 heterocycles. The molecule has 5 nitrogen and oxygen atoms in total. The summed E-state index contributed by atoms with van der Waals surface area (Å²) in [6, 6.07) is 5.26. The minimum atomic E-state index is -0.553. The highest BCUT2D eigenvalue weighted by atomic mass is 35.5. The molecule has 0 aliphatic carbocycles. The molecule has 0 unspecified atom stereocenters. The van der Waals surface area contributed by atoms with Crippen molar-refractivity contribution in [3.63, 3.8) is 0 Å². The molecule has 0 atom stereocenters. The number of anilines is 1. The van der Waals surface area contributed by atoms with E-state index in [0.29, 0.717) is 55.7 Å². The molecule has 22 heavy (non-hydrogen) atoms. The predicted molar refractivity (Wildman–Crippen MR) is 87.4 cm³/mol. The summed E-state index contributed by atoms with van der Waals surface area (Å²) >= 11 is 6.18. The zero-order valence-electron chi connectivity index (χ0n) is 12.9. The van der Waals surface area contributed by atoms with Crippen molar-refractivity contribution in [2.45, 2.75) is 26.2 Å². The lowest BCUT2D eigenvalue weighted by molar-refractivity contribution is -0.130. The molecule has 3 N–H and O–H groups in total. The summed E-state index contributed by atoms with van der Waals surface area (Å²) in [5.41, 5.74) is 5.94. The third-order valence-electron chi connectivity index (χ3n) is 3.97. The summed E-state index contributed by atoms with van der Waals surface area (Å²) in [7, 11) is 0. The Kier molecular flexibility index (Phi) is 6.06. The molecule has 6 heteroatoms. The van der Waals surface area contributed by atoms with E-state index in [-0.39, 0.29) is 5.91 Å². The van der Waals surface area contributed by atoms with Gasteiger partial charge in [-0.25, -0.2) is 0 Å². The highest BCUT2D eigenvalue weighted by Gasteiger charge is 2.38. The minimum absolute atomic E-state index is 0.0726. The van der Waals surface area contributed by atoms with E-state index in [1.54, 1.807) is 18.2 Å². The van der Waals surface area contributed by atoms with Crippen molar-refractivity contribution in [2.24, 2.45) is 11.1 Å². The van der Waals surface area contributed by atoms with Crippen molar-refractivity contribution < 1.29 is 14.3 Å². The van der Waals surface area contributed by atoms with E-state index in [0.717, 1.165) is 6.42 Å². The van der Waals surface area contributed by atoms with E-state index in [9.17, 15) is 4.79 Å². The van der Waals surface area contributed by atoms with Crippen LogP contribution < -0.4 is 15.8 Å². The first kappa shape index (κ1) is 17.1. The van der Waals surface area contributed by atoms with Crippen molar-refractivity contribution in [3.05, 3.63) is 23.2 Å². The van der Waals surface area contributed by atoms with Crippen LogP contribution in [0.15, 0.2) is 18.2 Å². The van der Waals surface area contributed by atoms with Gasteiger partial charge in [-0.2, -0.15) is 0 Å². The molecule has 2 rings (SSSR count). The van der Waals surface area contributed by atoms with Gasteiger partial charge in [-0.15, -0.1) is 0 Å². The monoisotopic (exact) mass is 326 g/mol. The Bertz CT molecular complexity index is 516. The Morgan fingerprint density at radius 2 is 2.18 bits per heavy atom. The van der Waals surface area contributed by atoms with Crippen LogP contribution in [-0.2, 0) is 9.53 Å². The summed E-state index contributed by atoms with van der Waals surface area (Å²) in [6.45, 7) is 4.09. The molecule has 122 valence electrons. The Hall–Kier alpha value is -1.30. The molecule has 1 fully saturated rings. The van der Waals surface area contributed by atoms with Gasteiger partial charge >= 0.3 is 0 Å². The summed E-state index contributed by atoms with van der Waals surface area (Å²) in [5.74, 6) is 0.553. The van der Waals surface area contributed by atoms with E-state index in [2.05, 4.69) is 5.32 Å². The zero-order valence-corrected chi connectivity index (χ0v) is 13.6. The average molecular weight is 327 g/mol. The number of carbonyl (C=O) groups is 1. The molecule has 0 saturated carbocycles. The fourth-order valence-corrected chi connectivity index (χ4v) is 2.69. The van der Waals surface area contributed by atoms with Crippen LogP contribution in [0.2, 0.25) is 5.02 Å². The number of halogens is 1. The van der Waals surface area contributed by atoms with Crippen LogP contribution in [0.1, 0.15) is 26.2 Å². The number of ether oxygens (including phenoxy) is 2. The number of carbonyl (C=O) groups excluding carboxylic acids is 1. The van der Waals surface area contributed by atoms with Gasteiger partial charge < -0.3 is 20.5 Å². The van der Waals surface area contributed by atoms with Crippen molar-refractivity contribution >= 4 is 23.2 Å². The second-order valence-electron chi connectivity index (χ2n) is 5.54. The lowest BCUT2D eigenvalue weighted by atomic mass is 9.79. The summed E-state index contributed by atoms with van der Waals surface area (Å²) in [6.07, 6.45) is 2.19. The standard InChI is InChI=1S/C16H23ClN2O3/c1-2-7-22-14-4-3-12(10-13(14)17)19-15(20)16(11-18)5-8-21-9-6-16/h3-4,10H,2,5-9,11,18H2,1H3,(H,19,20). The first-order valence-electron chi connectivity index (χ1n) is 7.63. The summed E-state index contributed by atoms with van der Waals surface area (Å²) in [5, 5.41) is 3.40. The zero-order chi connectivity index (χ0) is 16.0. The summed E-state index contributed by atoms with van der Waals surface area (Å²) < 4.78 is 10.8. The van der Waals surface area contributed by atoms with Gasteiger partial charge in [0.2, 0.25) is 5.91 Å². The van der Waals surface area contributed by atoms with E-state index >= 15 is 0 Å². The smallest absolute Gasteiger partial charge is 0.232 e. The van der Waals surface area contributed by atoms with Crippen molar-refractivity contribution in [1.82, 2.24) is 0 Å². The van der Waals surface area contributed by atoms with Gasteiger partial charge in [0.25, 0.3) is 0 Å². The van der Waals surface area contributed by atoms with Crippen LogP contribution >= 0.6 is 11.6 Å². The number of nitrogens with two attached hydrogens (primary N) is 1. The normalized spacial score (nSPS) is 17.0. The van der Waals surface area contributed by atoms with Crippen LogP contribution in [0.3, 0.4) is 0 Å². The van der Waals surface area contributed by atoms with E-state index in [1.807, 2.05) is 6.92 Å². The first-order valence-corrected chi connectivity index (χ1v) is 8.01. The highest BCUT2D eigenvalue weighted by molar-refractivity contribution is 6.32. The maximum absolute atomic E-state index is 12.6. The van der Waals surface area contributed by atoms with Crippen LogP contribution in [-0.4, -0.2) is 32.3 Å². The fraction of sp³-hybridized carbons (Fsp3) is 0.562. The van der Waals surface area contributed by atoms with E-state index < -0.39 is 5.41 Å². The quantitative estimate of drug-likeness (QED) is 0.843. The number of amides is 1. The van der Waals surface area contributed by atoms with Gasteiger partial charge in [-0.1, -0.05) is 18.5 Å². The molecular weight excluding hydrogens is 304 g/mol. The lowest BCUT2D eigenvalue weighted by Crippen LogP contribution is -2.46. The molecule has 0 radical (unpaired) electrons. The minimum Gasteiger partial charge on any atom is -0.492 e. The second-order valence-corrected chi connectivity index (χ2v) is 5.95.